The third-order valence-corrected chi connectivity index (χ3v) is 4.85. The average molecular weight is 303 g/mol. The SMILES string of the molecule is COc1cccc(C(C)(C)C(=O)NC2(CN3CCC3)CC2)n1. The molecular formula is C17H25N3O2. The van der Waals surface area contributed by atoms with E-state index in [4.69, 9.17) is 4.74 Å². The molecule has 22 heavy (non-hydrogen) atoms. The molecule has 0 aromatic carbocycles. The van der Waals surface area contributed by atoms with Crippen LogP contribution >= 0.6 is 0 Å². The highest BCUT2D eigenvalue weighted by Gasteiger charge is 2.48. The predicted octanol–water partition coefficient (Wildman–Crippen LogP) is 1.72. The zero-order valence-electron chi connectivity index (χ0n) is 13.7. The zero-order chi connectivity index (χ0) is 15.8. The molecule has 120 valence electrons. The van der Waals surface area contributed by atoms with Gasteiger partial charge in [-0.1, -0.05) is 6.07 Å². The molecule has 1 saturated heterocycles. The number of carbonyl (C=O) groups excluding carboxylic acids is 1. The van der Waals surface area contributed by atoms with Crippen molar-refractivity contribution < 1.29 is 9.53 Å². The number of hydrogen-bond donors (Lipinski definition) is 1. The zero-order valence-corrected chi connectivity index (χ0v) is 13.7. The minimum atomic E-state index is -0.668. The molecule has 3 rings (SSSR count). The highest BCUT2D eigenvalue weighted by Crippen LogP contribution is 2.38. The predicted molar refractivity (Wildman–Crippen MR) is 85.0 cm³/mol. The fraction of sp³-hybridized carbons (Fsp3) is 0.647. The highest BCUT2D eigenvalue weighted by atomic mass is 16.5. The number of ether oxygens (including phenoxy) is 1. The molecule has 5 heteroatoms. The van der Waals surface area contributed by atoms with Crippen LogP contribution in [-0.4, -0.2) is 48.1 Å². The fourth-order valence-electron chi connectivity index (χ4n) is 2.83. The number of nitrogens with one attached hydrogen (secondary N) is 1. The molecule has 0 unspecified atom stereocenters. The molecule has 2 fully saturated rings. The Hall–Kier alpha value is -1.62. The van der Waals surface area contributed by atoms with E-state index in [1.54, 1.807) is 13.2 Å². The number of aromatic nitrogens is 1. The number of carbonyl (C=O) groups is 1. The molecule has 5 nitrogen and oxygen atoms in total. The van der Waals surface area contributed by atoms with Gasteiger partial charge in [0.1, 0.15) is 0 Å². The molecule has 1 aromatic heterocycles. The normalized spacial score (nSPS) is 20.1. The number of nitrogens with zero attached hydrogens (tertiary/aromatic N) is 2. The van der Waals surface area contributed by atoms with Crippen LogP contribution in [0.3, 0.4) is 0 Å². The second kappa shape index (κ2) is 5.54. The Kier molecular flexibility index (Phi) is 3.85. The molecule has 2 heterocycles. The van der Waals surface area contributed by atoms with Crippen molar-refractivity contribution >= 4 is 5.91 Å². The second-order valence-corrected chi connectivity index (χ2v) is 7.05. The first kappa shape index (κ1) is 15.3. The van der Waals surface area contributed by atoms with Gasteiger partial charge in [-0.05, 0) is 52.3 Å². The maximum absolute atomic E-state index is 12.8. The van der Waals surface area contributed by atoms with Gasteiger partial charge in [0.2, 0.25) is 11.8 Å². The highest BCUT2D eigenvalue weighted by molar-refractivity contribution is 5.87. The number of hydrogen-bond acceptors (Lipinski definition) is 4. The lowest BCUT2D eigenvalue weighted by atomic mass is 9.87. The van der Waals surface area contributed by atoms with E-state index < -0.39 is 5.41 Å². The number of methoxy groups -OCH3 is 1. The molecule has 1 amide bonds. The van der Waals surface area contributed by atoms with Gasteiger partial charge in [-0.3, -0.25) is 4.79 Å². The standard InChI is InChI=1S/C17H25N3O2/c1-16(2,13-6-4-7-14(18-13)22-3)15(21)19-17(8-9-17)12-20-10-5-11-20/h4,6-7H,5,8-12H2,1-3H3,(H,19,21). The average Bonchev–Trinajstić information content (AvgIpc) is 3.23. The summed E-state index contributed by atoms with van der Waals surface area (Å²) in [5.74, 6) is 0.589. The van der Waals surface area contributed by atoms with Crippen LogP contribution in [0.25, 0.3) is 0 Å². The van der Waals surface area contributed by atoms with Gasteiger partial charge < -0.3 is 15.0 Å². The first-order valence-corrected chi connectivity index (χ1v) is 8.02. The van der Waals surface area contributed by atoms with Gasteiger partial charge in [0, 0.05) is 12.6 Å². The molecule has 0 radical (unpaired) electrons. The Morgan fingerprint density at radius 1 is 1.41 bits per heavy atom. The van der Waals surface area contributed by atoms with Crippen molar-refractivity contribution in [2.45, 2.75) is 44.1 Å². The van der Waals surface area contributed by atoms with Crippen molar-refractivity contribution in [1.82, 2.24) is 15.2 Å². The van der Waals surface area contributed by atoms with Crippen LogP contribution in [0.15, 0.2) is 18.2 Å². The van der Waals surface area contributed by atoms with E-state index in [9.17, 15) is 4.79 Å². The summed E-state index contributed by atoms with van der Waals surface area (Å²) in [7, 11) is 1.59. The maximum atomic E-state index is 12.8. The van der Waals surface area contributed by atoms with Crippen LogP contribution in [0, 0.1) is 0 Å². The van der Waals surface area contributed by atoms with Gasteiger partial charge in [-0.15, -0.1) is 0 Å². The van der Waals surface area contributed by atoms with Crippen molar-refractivity contribution in [1.29, 1.82) is 0 Å². The van der Waals surface area contributed by atoms with Gasteiger partial charge in [0.15, 0.2) is 0 Å². The largest absolute Gasteiger partial charge is 0.481 e. The molecule has 1 aliphatic carbocycles. The van der Waals surface area contributed by atoms with Crippen molar-refractivity contribution in [3.63, 3.8) is 0 Å². The van der Waals surface area contributed by atoms with E-state index >= 15 is 0 Å². The molecule has 2 aliphatic rings. The van der Waals surface area contributed by atoms with Crippen LogP contribution in [0.1, 0.15) is 38.8 Å². The van der Waals surface area contributed by atoms with Crippen LogP contribution < -0.4 is 10.1 Å². The van der Waals surface area contributed by atoms with Gasteiger partial charge >= 0.3 is 0 Å². The van der Waals surface area contributed by atoms with Gasteiger partial charge in [-0.2, -0.15) is 0 Å². The summed E-state index contributed by atoms with van der Waals surface area (Å²) in [6, 6.07) is 5.56. The second-order valence-electron chi connectivity index (χ2n) is 7.05. The van der Waals surface area contributed by atoms with E-state index in [1.807, 2.05) is 26.0 Å². The Balaban J connectivity index is 1.69. The van der Waals surface area contributed by atoms with E-state index in [2.05, 4.69) is 15.2 Å². The smallest absolute Gasteiger partial charge is 0.232 e. The third-order valence-electron chi connectivity index (χ3n) is 4.85. The van der Waals surface area contributed by atoms with Gasteiger partial charge in [0.25, 0.3) is 0 Å². The first-order valence-electron chi connectivity index (χ1n) is 8.02. The van der Waals surface area contributed by atoms with E-state index in [0.717, 1.165) is 25.1 Å². The Bertz CT molecular complexity index is 563. The summed E-state index contributed by atoms with van der Waals surface area (Å²) >= 11 is 0. The quantitative estimate of drug-likeness (QED) is 0.869. The topological polar surface area (TPSA) is 54.5 Å². The maximum Gasteiger partial charge on any atom is 0.232 e. The molecule has 1 aliphatic heterocycles. The van der Waals surface area contributed by atoms with Gasteiger partial charge in [-0.25, -0.2) is 4.98 Å². The molecule has 1 saturated carbocycles. The minimum Gasteiger partial charge on any atom is -0.481 e. The number of likely N-dealkylation sites (tertiary alicyclic amines) is 1. The van der Waals surface area contributed by atoms with Crippen molar-refractivity contribution in [3.8, 4) is 5.88 Å². The molecular weight excluding hydrogens is 278 g/mol. The summed E-state index contributed by atoms with van der Waals surface area (Å²) in [5.41, 5.74) is 0.0660. The minimum absolute atomic E-state index is 0.00631. The Labute approximate surface area is 132 Å². The monoisotopic (exact) mass is 303 g/mol. The molecule has 0 atom stereocenters. The molecule has 1 aromatic rings. The molecule has 0 bridgehead atoms. The van der Waals surface area contributed by atoms with Crippen LogP contribution in [0.4, 0.5) is 0 Å². The van der Waals surface area contributed by atoms with Crippen LogP contribution in [0.5, 0.6) is 5.88 Å². The number of rotatable bonds is 6. The Morgan fingerprint density at radius 2 is 2.14 bits per heavy atom. The lowest BCUT2D eigenvalue weighted by Crippen LogP contribution is -2.53. The van der Waals surface area contributed by atoms with E-state index in [-0.39, 0.29) is 11.4 Å². The van der Waals surface area contributed by atoms with Crippen LogP contribution in [0.2, 0.25) is 0 Å². The summed E-state index contributed by atoms with van der Waals surface area (Å²) in [6.07, 6.45) is 3.44. The Morgan fingerprint density at radius 3 is 2.68 bits per heavy atom. The van der Waals surface area contributed by atoms with Crippen LogP contribution in [-0.2, 0) is 10.2 Å². The lowest BCUT2D eigenvalue weighted by Gasteiger charge is -2.36. The lowest BCUT2D eigenvalue weighted by molar-refractivity contribution is -0.127. The summed E-state index contributed by atoms with van der Waals surface area (Å²) in [6.45, 7) is 7.16. The summed E-state index contributed by atoms with van der Waals surface area (Å²) in [5, 5.41) is 3.28. The molecule has 0 spiro atoms. The number of pyridine rings is 1. The van der Waals surface area contributed by atoms with Crippen molar-refractivity contribution in [2.24, 2.45) is 0 Å². The molecule has 1 N–H and O–H groups in total. The number of amides is 1. The van der Waals surface area contributed by atoms with E-state index in [0.29, 0.717) is 5.88 Å². The van der Waals surface area contributed by atoms with E-state index in [1.165, 1.54) is 19.5 Å². The van der Waals surface area contributed by atoms with Gasteiger partial charge in [0.05, 0.1) is 23.8 Å². The summed E-state index contributed by atoms with van der Waals surface area (Å²) < 4.78 is 5.17. The summed E-state index contributed by atoms with van der Waals surface area (Å²) in [4.78, 5) is 19.6. The van der Waals surface area contributed by atoms with Crippen molar-refractivity contribution in [2.75, 3.05) is 26.7 Å². The fourth-order valence-corrected chi connectivity index (χ4v) is 2.83. The third kappa shape index (κ3) is 2.95. The van der Waals surface area contributed by atoms with Crippen molar-refractivity contribution in [3.05, 3.63) is 23.9 Å². The first-order chi connectivity index (χ1) is 10.5.